The van der Waals surface area contributed by atoms with E-state index in [1.54, 1.807) is 0 Å². The summed E-state index contributed by atoms with van der Waals surface area (Å²) in [5.74, 6) is 0. The largest absolute Gasteiger partial charge is 0.341 e. The summed E-state index contributed by atoms with van der Waals surface area (Å²) in [6.45, 7) is 0. The maximum Gasteiger partial charge on any atom is 0.319 e. The molecule has 0 aliphatic rings. The van der Waals surface area contributed by atoms with E-state index in [1.165, 1.54) is 19.3 Å². The van der Waals surface area contributed by atoms with Crippen molar-refractivity contribution in [2.75, 3.05) is 12.4 Å². The van der Waals surface area contributed by atoms with Gasteiger partial charge in [-0.2, -0.15) is 0 Å². The summed E-state index contributed by atoms with van der Waals surface area (Å²) >= 11 is 11.3. The van der Waals surface area contributed by atoms with Gasteiger partial charge in [0.05, 0.1) is 16.9 Å². The van der Waals surface area contributed by atoms with Crippen molar-refractivity contribution in [3.05, 3.63) is 22.4 Å². The Morgan fingerprint density at radius 1 is 1.54 bits per heavy atom. The Labute approximate surface area is 85.2 Å². The van der Waals surface area contributed by atoms with E-state index >= 15 is 0 Å². The van der Waals surface area contributed by atoms with E-state index in [-0.39, 0.29) is 11.2 Å². The highest BCUT2D eigenvalue weighted by Crippen LogP contribution is 2.21. The Hall–Kier alpha value is -1.000. The van der Waals surface area contributed by atoms with E-state index in [0.717, 1.165) is 0 Å². The fourth-order valence-corrected chi connectivity index (χ4v) is 0.953. The predicted octanol–water partition coefficient (Wildman–Crippen LogP) is 2.14. The first-order chi connectivity index (χ1) is 6.13. The van der Waals surface area contributed by atoms with Crippen LogP contribution in [-0.4, -0.2) is 18.1 Å². The minimum absolute atomic E-state index is 0.212. The topological polar surface area (TPSA) is 54.0 Å². The van der Waals surface area contributed by atoms with Crippen LogP contribution in [0, 0.1) is 0 Å². The van der Waals surface area contributed by atoms with Gasteiger partial charge < -0.3 is 10.6 Å². The molecule has 0 spiro atoms. The predicted molar refractivity (Wildman–Crippen MR) is 52.3 cm³/mol. The van der Waals surface area contributed by atoms with Crippen LogP contribution < -0.4 is 10.6 Å². The number of urea groups is 1. The molecule has 2 amide bonds. The lowest BCUT2D eigenvalue weighted by Gasteiger charge is -2.03. The Kier molecular flexibility index (Phi) is 3.33. The molecule has 0 unspecified atom stereocenters. The van der Waals surface area contributed by atoms with Gasteiger partial charge in [-0.1, -0.05) is 23.2 Å². The summed E-state index contributed by atoms with van der Waals surface area (Å²) in [5, 5.41) is 5.41. The van der Waals surface area contributed by atoms with Gasteiger partial charge in [0.25, 0.3) is 0 Å². The molecule has 0 aliphatic heterocycles. The van der Waals surface area contributed by atoms with E-state index < -0.39 is 0 Å². The van der Waals surface area contributed by atoms with Crippen LogP contribution in [0.15, 0.2) is 12.3 Å². The van der Waals surface area contributed by atoms with Gasteiger partial charge in [0.1, 0.15) is 5.15 Å². The van der Waals surface area contributed by atoms with Crippen LogP contribution in [0.3, 0.4) is 0 Å². The summed E-state index contributed by atoms with van der Waals surface area (Å²) in [4.78, 5) is 14.6. The zero-order chi connectivity index (χ0) is 9.84. The van der Waals surface area contributed by atoms with Crippen LogP contribution in [-0.2, 0) is 0 Å². The third kappa shape index (κ3) is 2.75. The second-order valence-electron chi connectivity index (χ2n) is 2.20. The van der Waals surface area contributed by atoms with Crippen molar-refractivity contribution >= 4 is 34.9 Å². The molecule has 0 aromatic carbocycles. The molecule has 0 atom stereocenters. The molecule has 6 heteroatoms. The fraction of sp³-hybridized carbons (Fsp3) is 0.143. The minimum atomic E-state index is -0.333. The van der Waals surface area contributed by atoms with Crippen molar-refractivity contribution in [2.24, 2.45) is 0 Å². The number of rotatable bonds is 1. The lowest BCUT2D eigenvalue weighted by Crippen LogP contribution is -2.24. The van der Waals surface area contributed by atoms with Crippen LogP contribution >= 0.6 is 23.2 Å². The smallest absolute Gasteiger partial charge is 0.319 e. The number of carbonyl (C=O) groups excluding carboxylic acids is 1. The summed E-state index contributed by atoms with van der Waals surface area (Å²) in [6.07, 6.45) is 1.42. The quantitative estimate of drug-likeness (QED) is 0.712. The van der Waals surface area contributed by atoms with E-state index in [4.69, 9.17) is 23.2 Å². The monoisotopic (exact) mass is 219 g/mol. The molecule has 0 radical (unpaired) electrons. The van der Waals surface area contributed by atoms with Crippen LogP contribution in [0.1, 0.15) is 0 Å². The van der Waals surface area contributed by atoms with Crippen molar-refractivity contribution in [1.29, 1.82) is 0 Å². The summed E-state index contributed by atoms with van der Waals surface area (Å²) in [5.41, 5.74) is 0.494. The van der Waals surface area contributed by atoms with Crippen molar-refractivity contribution in [1.82, 2.24) is 10.3 Å². The van der Waals surface area contributed by atoms with E-state index in [0.29, 0.717) is 10.7 Å². The van der Waals surface area contributed by atoms with E-state index in [9.17, 15) is 4.79 Å². The Balaban J connectivity index is 2.79. The first-order valence-corrected chi connectivity index (χ1v) is 4.19. The molecular weight excluding hydrogens is 213 g/mol. The molecule has 0 fully saturated rings. The van der Waals surface area contributed by atoms with E-state index in [2.05, 4.69) is 15.6 Å². The Bertz CT molecular complexity index is 330. The van der Waals surface area contributed by atoms with Gasteiger partial charge in [-0.25, -0.2) is 9.78 Å². The van der Waals surface area contributed by atoms with Crippen LogP contribution in [0.5, 0.6) is 0 Å². The zero-order valence-electron chi connectivity index (χ0n) is 6.77. The van der Waals surface area contributed by atoms with Gasteiger partial charge in [-0.15, -0.1) is 0 Å². The average molecular weight is 220 g/mol. The molecule has 0 bridgehead atoms. The molecule has 1 aromatic heterocycles. The third-order valence-corrected chi connectivity index (χ3v) is 1.97. The standard InChI is InChI=1S/C7H7Cl2N3O/c1-10-7(13)12-4-2-5(8)6(9)11-3-4/h2-3H,1H3,(H2,10,12,13). The van der Waals surface area contributed by atoms with Crippen molar-refractivity contribution < 1.29 is 4.79 Å². The number of pyridine rings is 1. The number of hydrogen-bond donors (Lipinski definition) is 2. The highest BCUT2D eigenvalue weighted by molar-refractivity contribution is 6.41. The molecule has 4 nitrogen and oxygen atoms in total. The Morgan fingerprint density at radius 3 is 2.77 bits per heavy atom. The van der Waals surface area contributed by atoms with Crippen LogP contribution in [0.4, 0.5) is 10.5 Å². The van der Waals surface area contributed by atoms with Gasteiger partial charge in [0, 0.05) is 7.05 Å². The fourth-order valence-electron chi connectivity index (χ4n) is 0.683. The van der Waals surface area contributed by atoms with Crippen molar-refractivity contribution in [3.63, 3.8) is 0 Å². The summed E-state index contributed by atoms with van der Waals surface area (Å²) in [7, 11) is 1.51. The summed E-state index contributed by atoms with van der Waals surface area (Å²) < 4.78 is 0. The molecule has 0 saturated carbocycles. The van der Waals surface area contributed by atoms with Gasteiger partial charge in [0.15, 0.2) is 0 Å². The first-order valence-electron chi connectivity index (χ1n) is 3.43. The SMILES string of the molecule is CNC(=O)Nc1cnc(Cl)c(Cl)c1. The third-order valence-electron chi connectivity index (χ3n) is 1.28. The van der Waals surface area contributed by atoms with Gasteiger partial charge in [-0.3, -0.25) is 0 Å². The molecule has 13 heavy (non-hydrogen) atoms. The summed E-state index contributed by atoms with van der Waals surface area (Å²) in [6, 6.07) is 1.19. The molecule has 1 aromatic rings. The number of halogens is 2. The number of carbonyl (C=O) groups is 1. The number of hydrogen-bond acceptors (Lipinski definition) is 2. The lowest BCUT2D eigenvalue weighted by atomic mass is 10.4. The first kappa shape index (κ1) is 10.1. The molecule has 0 aliphatic carbocycles. The van der Waals surface area contributed by atoms with E-state index in [1.807, 2.05) is 0 Å². The number of aromatic nitrogens is 1. The molecule has 0 saturated heterocycles. The number of nitrogens with zero attached hydrogens (tertiary/aromatic N) is 1. The lowest BCUT2D eigenvalue weighted by molar-refractivity contribution is 0.254. The molecule has 2 N–H and O–H groups in total. The number of anilines is 1. The molecule has 1 rings (SSSR count). The highest BCUT2D eigenvalue weighted by Gasteiger charge is 2.02. The van der Waals surface area contributed by atoms with Crippen LogP contribution in [0.25, 0.3) is 0 Å². The van der Waals surface area contributed by atoms with Crippen molar-refractivity contribution in [2.45, 2.75) is 0 Å². The highest BCUT2D eigenvalue weighted by atomic mass is 35.5. The normalized spacial score (nSPS) is 9.46. The zero-order valence-corrected chi connectivity index (χ0v) is 8.28. The molecule has 1 heterocycles. The average Bonchev–Trinajstić information content (AvgIpc) is 2.11. The minimum Gasteiger partial charge on any atom is -0.341 e. The number of nitrogens with one attached hydrogen (secondary N) is 2. The maximum absolute atomic E-state index is 10.9. The maximum atomic E-state index is 10.9. The second-order valence-corrected chi connectivity index (χ2v) is 2.97. The Morgan fingerprint density at radius 2 is 2.23 bits per heavy atom. The van der Waals surface area contributed by atoms with Crippen molar-refractivity contribution in [3.8, 4) is 0 Å². The van der Waals surface area contributed by atoms with Gasteiger partial charge in [0.2, 0.25) is 0 Å². The second kappa shape index (κ2) is 4.30. The van der Waals surface area contributed by atoms with Crippen LogP contribution in [0.2, 0.25) is 10.2 Å². The molecule has 70 valence electrons. The molecular formula is C7H7Cl2N3O. The van der Waals surface area contributed by atoms with Gasteiger partial charge in [-0.05, 0) is 6.07 Å². The number of amides is 2. The van der Waals surface area contributed by atoms with Gasteiger partial charge >= 0.3 is 6.03 Å².